The molecule has 1 N–H and O–H groups in total. The molecule has 162 valence electrons. The van der Waals surface area contributed by atoms with E-state index in [1.807, 2.05) is 42.5 Å². The predicted octanol–water partition coefficient (Wildman–Crippen LogP) is 4.79. The van der Waals surface area contributed by atoms with Crippen molar-refractivity contribution < 1.29 is 9.90 Å². The van der Waals surface area contributed by atoms with E-state index in [1.165, 1.54) is 10.6 Å². The van der Waals surface area contributed by atoms with Crippen LogP contribution in [0, 0.1) is 0 Å². The number of aromatic carboxylic acids is 1. The zero-order chi connectivity index (χ0) is 23.1. The molecular weight excluding hydrogens is 416 g/mol. The van der Waals surface area contributed by atoms with Gasteiger partial charge in [-0.2, -0.15) is 14.6 Å². The van der Waals surface area contributed by atoms with Crippen molar-refractivity contribution in [2.75, 3.05) is 0 Å². The first-order chi connectivity index (χ1) is 15.9. The van der Waals surface area contributed by atoms with Crippen LogP contribution in [0.5, 0.6) is 0 Å². The number of carbonyl (C=O) groups is 1. The maximum Gasteiger partial charge on any atom is 0.336 e. The van der Waals surface area contributed by atoms with E-state index in [1.54, 1.807) is 24.3 Å². The molecule has 7 heteroatoms. The number of rotatable bonds is 4. The summed E-state index contributed by atoms with van der Waals surface area (Å²) in [6, 6.07) is 21.5. The molecule has 33 heavy (non-hydrogen) atoms. The van der Waals surface area contributed by atoms with Gasteiger partial charge in [-0.25, -0.2) is 9.78 Å². The molecular formula is C26H20N4O3. The van der Waals surface area contributed by atoms with Crippen molar-refractivity contribution in [3.8, 4) is 22.6 Å². The lowest BCUT2D eigenvalue weighted by molar-refractivity contribution is 0.0697. The average molecular weight is 436 g/mol. The lowest BCUT2D eigenvalue weighted by atomic mass is 10.0. The van der Waals surface area contributed by atoms with E-state index in [2.05, 4.69) is 23.9 Å². The van der Waals surface area contributed by atoms with E-state index in [0.717, 1.165) is 5.56 Å². The molecule has 0 aliphatic carbocycles. The van der Waals surface area contributed by atoms with Gasteiger partial charge in [0.1, 0.15) is 0 Å². The normalized spacial score (nSPS) is 11.4. The van der Waals surface area contributed by atoms with Crippen molar-refractivity contribution in [3.05, 3.63) is 94.3 Å². The first kappa shape index (κ1) is 20.5. The monoisotopic (exact) mass is 436 g/mol. The fourth-order valence-electron chi connectivity index (χ4n) is 3.88. The fourth-order valence-corrected chi connectivity index (χ4v) is 3.88. The minimum atomic E-state index is -1.08. The molecule has 0 fully saturated rings. The first-order valence-electron chi connectivity index (χ1n) is 10.6. The van der Waals surface area contributed by atoms with Gasteiger partial charge >= 0.3 is 5.97 Å². The lowest BCUT2D eigenvalue weighted by Crippen LogP contribution is -2.18. The molecule has 2 heterocycles. The third-order valence-corrected chi connectivity index (χ3v) is 5.63. The zero-order valence-electron chi connectivity index (χ0n) is 18.1. The van der Waals surface area contributed by atoms with Gasteiger partial charge in [-0.05, 0) is 29.7 Å². The zero-order valence-corrected chi connectivity index (χ0v) is 18.1. The molecule has 3 aromatic carbocycles. The molecule has 0 unspecified atom stereocenters. The Morgan fingerprint density at radius 3 is 2.33 bits per heavy atom. The molecule has 0 spiro atoms. The van der Waals surface area contributed by atoms with E-state index in [0.29, 0.717) is 39.4 Å². The third-order valence-electron chi connectivity index (χ3n) is 5.63. The number of benzene rings is 3. The van der Waals surface area contributed by atoms with E-state index in [9.17, 15) is 14.7 Å². The highest BCUT2D eigenvalue weighted by molar-refractivity contribution is 5.97. The summed E-state index contributed by atoms with van der Waals surface area (Å²) in [7, 11) is 0. The standard InChI is InChI=1S/C26H20N4O3/c1-15(2)16-11-13-17(14-12-16)22-25(31)28-24-20-9-5-6-10-21(20)27-23(30(24)29-22)18-7-3-4-8-19(18)26(32)33/h3-15H,1-2H3,(H,32,33). The summed E-state index contributed by atoms with van der Waals surface area (Å²) in [5, 5.41) is 15.0. The summed E-state index contributed by atoms with van der Waals surface area (Å²) in [6.07, 6.45) is 0. The van der Waals surface area contributed by atoms with Crippen LogP contribution < -0.4 is 5.56 Å². The molecule has 0 saturated heterocycles. The molecule has 0 radical (unpaired) electrons. The number of para-hydroxylation sites is 1. The van der Waals surface area contributed by atoms with Crippen LogP contribution in [0.3, 0.4) is 0 Å². The summed E-state index contributed by atoms with van der Waals surface area (Å²) in [5.74, 6) is -0.418. The van der Waals surface area contributed by atoms with Gasteiger partial charge in [-0.1, -0.05) is 68.4 Å². The van der Waals surface area contributed by atoms with Crippen LogP contribution in [-0.2, 0) is 0 Å². The molecule has 0 aliphatic heterocycles. The highest BCUT2D eigenvalue weighted by Gasteiger charge is 2.19. The fraction of sp³-hybridized carbons (Fsp3) is 0.115. The second-order valence-electron chi connectivity index (χ2n) is 8.08. The van der Waals surface area contributed by atoms with E-state index in [4.69, 9.17) is 4.98 Å². The van der Waals surface area contributed by atoms with Crippen molar-refractivity contribution in [2.45, 2.75) is 19.8 Å². The van der Waals surface area contributed by atoms with Crippen molar-refractivity contribution in [1.82, 2.24) is 19.6 Å². The second-order valence-corrected chi connectivity index (χ2v) is 8.08. The Hall–Kier alpha value is -4.39. The molecule has 0 atom stereocenters. The Morgan fingerprint density at radius 1 is 0.909 bits per heavy atom. The number of nitrogens with zero attached hydrogens (tertiary/aromatic N) is 4. The Kier molecular flexibility index (Phi) is 4.94. The van der Waals surface area contributed by atoms with Gasteiger partial charge in [-0.3, -0.25) is 4.79 Å². The quantitative estimate of drug-likeness (QED) is 0.407. The van der Waals surface area contributed by atoms with Crippen molar-refractivity contribution in [2.24, 2.45) is 0 Å². The third kappa shape index (κ3) is 3.53. The summed E-state index contributed by atoms with van der Waals surface area (Å²) < 4.78 is 1.47. The molecule has 0 aliphatic rings. The van der Waals surface area contributed by atoms with Crippen LogP contribution in [-0.4, -0.2) is 30.7 Å². The van der Waals surface area contributed by atoms with Gasteiger partial charge < -0.3 is 5.11 Å². The summed E-state index contributed by atoms with van der Waals surface area (Å²) in [6.45, 7) is 4.20. The minimum absolute atomic E-state index is 0.0879. The molecule has 0 amide bonds. The molecule has 7 nitrogen and oxygen atoms in total. The maximum absolute atomic E-state index is 13.0. The van der Waals surface area contributed by atoms with Gasteiger partial charge in [0.2, 0.25) is 0 Å². The molecule has 2 aromatic heterocycles. The van der Waals surface area contributed by atoms with Gasteiger partial charge in [0.25, 0.3) is 5.56 Å². The number of fused-ring (bicyclic) bond motifs is 3. The van der Waals surface area contributed by atoms with Gasteiger partial charge in [0.05, 0.1) is 11.1 Å². The topological polar surface area (TPSA) is 97.5 Å². The summed E-state index contributed by atoms with van der Waals surface area (Å²) in [5.41, 5.74) is 2.90. The van der Waals surface area contributed by atoms with Crippen LogP contribution in [0.25, 0.3) is 39.2 Å². The predicted molar refractivity (Wildman–Crippen MR) is 126 cm³/mol. The van der Waals surface area contributed by atoms with Crippen LogP contribution in [0.1, 0.15) is 35.7 Å². The van der Waals surface area contributed by atoms with Crippen LogP contribution >= 0.6 is 0 Å². The van der Waals surface area contributed by atoms with E-state index < -0.39 is 11.5 Å². The van der Waals surface area contributed by atoms with E-state index >= 15 is 0 Å². The van der Waals surface area contributed by atoms with Crippen molar-refractivity contribution >= 4 is 22.5 Å². The van der Waals surface area contributed by atoms with Gasteiger partial charge in [-0.15, -0.1) is 0 Å². The number of hydrogen-bond acceptors (Lipinski definition) is 5. The first-order valence-corrected chi connectivity index (χ1v) is 10.6. The smallest absolute Gasteiger partial charge is 0.336 e. The summed E-state index contributed by atoms with van der Waals surface area (Å²) in [4.78, 5) is 34.0. The number of carboxylic acid groups (broad SMARTS) is 1. The summed E-state index contributed by atoms with van der Waals surface area (Å²) >= 11 is 0. The van der Waals surface area contributed by atoms with Crippen LogP contribution in [0.2, 0.25) is 0 Å². The Balaban J connectivity index is 1.86. The molecule has 0 saturated carbocycles. The lowest BCUT2D eigenvalue weighted by Gasteiger charge is -2.13. The van der Waals surface area contributed by atoms with Crippen molar-refractivity contribution in [1.29, 1.82) is 0 Å². The highest BCUT2D eigenvalue weighted by Crippen LogP contribution is 2.27. The highest BCUT2D eigenvalue weighted by atomic mass is 16.4. The van der Waals surface area contributed by atoms with Crippen LogP contribution in [0.4, 0.5) is 0 Å². The number of carboxylic acids is 1. The number of aromatic nitrogens is 4. The van der Waals surface area contributed by atoms with Crippen molar-refractivity contribution in [3.63, 3.8) is 0 Å². The number of hydrogen-bond donors (Lipinski definition) is 1. The Labute approximate surface area is 189 Å². The molecule has 5 aromatic rings. The van der Waals surface area contributed by atoms with Gasteiger partial charge in [0.15, 0.2) is 17.2 Å². The Morgan fingerprint density at radius 2 is 1.61 bits per heavy atom. The molecule has 0 bridgehead atoms. The molecule has 5 rings (SSSR count). The van der Waals surface area contributed by atoms with Crippen LogP contribution in [0.15, 0.2) is 77.6 Å². The second kappa shape index (κ2) is 7.94. The SMILES string of the molecule is CC(C)c1ccc(-c2nn3c(-c4ccccc4C(=O)O)nc4ccccc4c3nc2=O)cc1. The van der Waals surface area contributed by atoms with E-state index in [-0.39, 0.29) is 11.3 Å². The average Bonchev–Trinajstić information content (AvgIpc) is 2.83. The minimum Gasteiger partial charge on any atom is -0.478 e. The Bertz CT molecular complexity index is 1590. The van der Waals surface area contributed by atoms with Gasteiger partial charge in [0, 0.05) is 16.5 Å². The maximum atomic E-state index is 13.0. The largest absolute Gasteiger partial charge is 0.478 e.